The van der Waals surface area contributed by atoms with Crippen LogP contribution in [0.5, 0.6) is 5.75 Å². The first-order valence-electron chi connectivity index (χ1n) is 8.19. The second-order valence-electron chi connectivity index (χ2n) is 6.13. The van der Waals surface area contributed by atoms with Gasteiger partial charge in [0.05, 0.1) is 23.7 Å². The summed E-state index contributed by atoms with van der Waals surface area (Å²) in [5, 5.41) is 4.00. The lowest BCUT2D eigenvalue weighted by Crippen LogP contribution is -2.24. The summed E-state index contributed by atoms with van der Waals surface area (Å²) >= 11 is 0. The number of nitrogens with one attached hydrogen (secondary N) is 2. The van der Waals surface area contributed by atoms with Crippen molar-refractivity contribution in [2.75, 3.05) is 13.7 Å². The molecule has 0 unspecified atom stereocenters. The molecule has 5 rings (SSSR count). The summed E-state index contributed by atoms with van der Waals surface area (Å²) in [7, 11) is 1.66. The molecule has 0 atom stereocenters. The minimum absolute atomic E-state index is 0.0450. The van der Waals surface area contributed by atoms with Crippen LogP contribution in [-0.4, -0.2) is 34.1 Å². The number of benzene rings is 2. The Morgan fingerprint density at radius 3 is 3.00 bits per heavy atom. The van der Waals surface area contributed by atoms with Gasteiger partial charge in [-0.2, -0.15) is 0 Å². The van der Waals surface area contributed by atoms with E-state index in [0.29, 0.717) is 18.7 Å². The number of aromatic amines is 1. The Morgan fingerprint density at radius 2 is 2.12 bits per heavy atom. The smallest absolute Gasteiger partial charge is 0.253 e. The average molecular weight is 332 g/mol. The lowest BCUT2D eigenvalue weighted by atomic mass is 10.1. The molecule has 0 radical (unpaired) electrons. The van der Waals surface area contributed by atoms with Gasteiger partial charge in [-0.3, -0.25) is 4.79 Å². The number of H-pyrrole nitrogens is 1. The van der Waals surface area contributed by atoms with E-state index in [9.17, 15) is 4.79 Å². The van der Waals surface area contributed by atoms with Crippen LogP contribution in [0.1, 0.15) is 10.4 Å². The fraction of sp³-hybridized carbons (Fsp3) is 0.158. The van der Waals surface area contributed by atoms with Crippen molar-refractivity contribution in [2.45, 2.75) is 6.54 Å². The van der Waals surface area contributed by atoms with E-state index >= 15 is 0 Å². The number of fused-ring (bicyclic) bond motifs is 1. The zero-order chi connectivity index (χ0) is 17.0. The molecule has 1 aliphatic rings. The monoisotopic (exact) mass is 332 g/mol. The zero-order valence-electron chi connectivity index (χ0n) is 13.7. The molecule has 2 aromatic carbocycles. The predicted molar refractivity (Wildman–Crippen MR) is 95.9 cm³/mol. The van der Waals surface area contributed by atoms with Gasteiger partial charge in [0.15, 0.2) is 0 Å². The van der Waals surface area contributed by atoms with E-state index in [1.807, 2.05) is 42.6 Å². The number of aromatic nitrogens is 3. The fourth-order valence-corrected chi connectivity index (χ4v) is 3.58. The van der Waals surface area contributed by atoms with Crippen LogP contribution in [0.4, 0.5) is 0 Å². The highest BCUT2D eigenvalue weighted by Gasteiger charge is 2.23. The first-order valence-corrected chi connectivity index (χ1v) is 8.19. The van der Waals surface area contributed by atoms with Crippen molar-refractivity contribution in [1.82, 2.24) is 19.9 Å². The van der Waals surface area contributed by atoms with Crippen molar-refractivity contribution in [3.8, 4) is 17.1 Å². The number of imidazole rings is 1. The molecule has 1 amide bonds. The molecule has 3 heterocycles. The molecule has 0 fully saturated rings. The second kappa shape index (κ2) is 5.11. The Kier molecular flexibility index (Phi) is 2.88. The van der Waals surface area contributed by atoms with Crippen molar-refractivity contribution < 1.29 is 9.53 Å². The van der Waals surface area contributed by atoms with E-state index in [4.69, 9.17) is 9.72 Å². The largest absolute Gasteiger partial charge is 0.497 e. The van der Waals surface area contributed by atoms with Gasteiger partial charge in [0.2, 0.25) is 0 Å². The third kappa shape index (κ3) is 1.97. The third-order valence-corrected chi connectivity index (χ3v) is 4.76. The number of para-hydroxylation sites is 1. The first-order chi connectivity index (χ1) is 12.3. The van der Waals surface area contributed by atoms with Crippen LogP contribution in [-0.2, 0) is 6.54 Å². The summed E-state index contributed by atoms with van der Waals surface area (Å²) in [5.74, 6) is 1.62. The van der Waals surface area contributed by atoms with Crippen molar-refractivity contribution in [2.24, 2.45) is 0 Å². The van der Waals surface area contributed by atoms with Crippen LogP contribution in [0.15, 0.2) is 42.6 Å². The fourth-order valence-electron chi connectivity index (χ4n) is 3.58. The standard InChI is InChI=1S/C19H16N4O2/c1-25-11-5-6-15-13(9-11)14(10-21-15)18-22-16-4-2-3-12-17(16)23(18)8-7-20-19(12)24/h2-6,9-10,21H,7-8H2,1H3,(H,20,24). The van der Waals surface area contributed by atoms with E-state index < -0.39 is 0 Å². The summed E-state index contributed by atoms with van der Waals surface area (Å²) in [6, 6.07) is 11.6. The lowest BCUT2D eigenvalue weighted by Gasteiger charge is -2.07. The van der Waals surface area contributed by atoms with Gasteiger partial charge in [0.25, 0.3) is 5.91 Å². The van der Waals surface area contributed by atoms with Crippen LogP contribution >= 0.6 is 0 Å². The maximum absolute atomic E-state index is 12.3. The Bertz CT molecular complexity index is 1140. The summed E-state index contributed by atoms with van der Waals surface area (Å²) in [6.07, 6.45) is 1.97. The lowest BCUT2D eigenvalue weighted by molar-refractivity contribution is 0.0956. The molecule has 6 heteroatoms. The number of methoxy groups -OCH3 is 1. The van der Waals surface area contributed by atoms with Crippen LogP contribution in [0.25, 0.3) is 33.3 Å². The maximum atomic E-state index is 12.3. The number of hydrogen-bond donors (Lipinski definition) is 2. The van der Waals surface area contributed by atoms with E-state index in [-0.39, 0.29) is 5.91 Å². The predicted octanol–water partition coefficient (Wildman–Crippen LogP) is 2.94. The van der Waals surface area contributed by atoms with Crippen molar-refractivity contribution in [3.05, 3.63) is 48.2 Å². The number of hydrogen-bond acceptors (Lipinski definition) is 3. The Labute approximate surface area is 143 Å². The molecule has 2 N–H and O–H groups in total. The summed E-state index contributed by atoms with van der Waals surface area (Å²) in [4.78, 5) is 20.4. The van der Waals surface area contributed by atoms with Crippen molar-refractivity contribution in [3.63, 3.8) is 0 Å². The molecular weight excluding hydrogens is 316 g/mol. The van der Waals surface area contributed by atoms with Crippen LogP contribution in [0.2, 0.25) is 0 Å². The van der Waals surface area contributed by atoms with Crippen molar-refractivity contribution in [1.29, 1.82) is 0 Å². The molecular formula is C19H16N4O2. The van der Waals surface area contributed by atoms with Gasteiger partial charge >= 0.3 is 0 Å². The molecule has 0 saturated carbocycles. The zero-order valence-corrected chi connectivity index (χ0v) is 13.7. The Hall–Kier alpha value is -3.28. The number of amides is 1. The number of nitrogens with zero attached hydrogens (tertiary/aromatic N) is 2. The molecule has 2 aromatic heterocycles. The number of carbonyl (C=O) groups excluding carboxylic acids is 1. The van der Waals surface area contributed by atoms with E-state index in [0.717, 1.165) is 39.1 Å². The molecule has 1 aliphatic heterocycles. The molecule has 25 heavy (non-hydrogen) atoms. The third-order valence-electron chi connectivity index (χ3n) is 4.76. The minimum Gasteiger partial charge on any atom is -0.497 e. The summed E-state index contributed by atoms with van der Waals surface area (Å²) in [5.41, 5.74) is 4.43. The molecule has 0 saturated heterocycles. The van der Waals surface area contributed by atoms with Gasteiger partial charge in [-0.15, -0.1) is 0 Å². The normalized spacial score (nSPS) is 13.9. The number of rotatable bonds is 2. The number of carbonyl (C=O) groups is 1. The molecule has 124 valence electrons. The Balaban J connectivity index is 1.83. The molecule has 0 spiro atoms. The maximum Gasteiger partial charge on any atom is 0.253 e. The van der Waals surface area contributed by atoms with Crippen molar-refractivity contribution >= 4 is 27.8 Å². The van der Waals surface area contributed by atoms with Gasteiger partial charge < -0.3 is 19.6 Å². The second-order valence-corrected chi connectivity index (χ2v) is 6.13. The molecule has 0 bridgehead atoms. The summed E-state index contributed by atoms with van der Waals surface area (Å²) in [6.45, 7) is 1.27. The average Bonchev–Trinajstić information content (AvgIpc) is 3.16. The van der Waals surface area contributed by atoms with Gasteiger partial charge in [0, 0.05) is 35.8 Å². The van der Waals surface area contributed by atoms with E-state index in [1.165, 1.54) is 0 Å². The van der Waals surface area contributed by atoms with Crippen LogP contribution in [0, 0.1) is 0 Å². The molecule has 4 aromatic rings. The van der Waals surface area contributed by atoms with Crippen LogP contribution < -0.4 is 10.1 Å². The van der Waals surface area contributed by atoms with Gasteiger partial charge in [-0.05, 0) is 30.3 Å². The highest BCUT2D eigenvalue weighted by molar-refractivity contribution is 6.07. The minimum atomic E-state index is -0.0450. The Morgan fingerprint density at radius 1 is 1.20 bits per heavy atom. The molecule has 0 aliphatic carbocycles. The highest BCUT2D eigenvalue weighted by atomic mass is 16.5. The van der Waals surface area contributed by atoms with E-state index in [2.05, 4.69) is 14.9 Å². The van der Waals surface area contributed by atoms with Gasteiger partial charge in [0.1, 0.15) is 11.6 Å². The number of ether oxygens (including phenoxy) is 1. The van der Waals surface area contributed by atoms with Crippen LogP contribution in [0.3, 0.4) is 0 Å². The van der Waals surface area contributed by atoms with Gasteiger partial charge in [-0.25, -0.2) is 4.98 Å². The highest BCUT2D eigenvalue weighted by Crippen LogP contribution is 2.34. The quantitative estimate of drug-likeness (QED) is 0.593. The topological polar surface area (TPSA) is 71.9 Å². The molecule has 6 nitrogen and oxygen atoms in total. The first kappa shape index (κ1) is 14.1. The SMILES string of the molecule is COc1ccc2[nH]cc(-c3nc4cccc5c4n3CCNC5=O)c2c1. The van der Waals surface area contributed by atoms with E-state index in [1.54, 1.807) is 7.11 Å². The summed E-state index contributed by atoms with van der Waals surface area (Å²) < 4.78 is 7.50. The van der Waals surface area contributed by atoms with Gasteiger partial charge in [-0.1, -0.05) is 6.07 Å².